The fourth-order valence-electron chi connectivity index (χ4n) is 5.27. The van der Waals surface area contributed by atoms with Crippen molar-refractivity contribution in [3.8, 4) is 0 Å². The monoisotopic (exact) mass is 351 g/mol. The van der Waals surface area contributed by atoms with Gasteiger partial charge in [0, 0.05) is 29.1 Å². The molecule has 0 radical (unpaired) electrons. The molecule has 3 rings (SSSR count). The molecule has 3 atom stereocenters. The van der Waals surface area contributed by atoms with Crippen LogP contribution in [0, 0.1) is 11.3 Å². The van der Waals surface area contributed by atoms with Crippen molar-refractivity contribution >= 4 is 0 Å². The summed E-state index contributed by atoms with van der Waals surface area (Å²) in [6, 6.07) is 11.7. The van der Waals surface area contributed by atoms with E-state index in [1.54, 1.807) is 11.3 Å². The second-order valence-corrected chi connectivity index (χ2v) is 9.94. The Morgan fingerprint density at radius 3 is 2.35 bits per heavy atom. The predicted octanol–water partition coefficient (Wildman–Crippen LogP) is 6.93. The van der Waals surface area contributed by atoms with E-state index in [1.807, 2.05) is 0 Å². The lowest BCUT2D eigenvalue weighted by Gasteiger charge is -2.45. The molecule has 0 N–H and O–H groups in total. The highest BCUT2D eigenvalue weighted by Gasteiger charge is 2.47. The smallest absolute Gasteiger partial charge is 0.0353 e. The lowest BCUT2D eigenvalue weighted by molar-refractivity contribution is 0.155. The molecule has 26 heavy (non-hydrogen) atoms. The molecule has 1 nitrogen and oxygen atoms in total. The minimum atomic E-state index is 0.181. The van der Waals surface area contributed by atoms with E-state index < -0.39 is 0 Å². The van der Waals surface area contributed by atoms with E-state index >= 15 is 0 Å². The maximum absolute atomic E-state index is 2.81. The summed E-state index contributed by atoms with van der Waals surface area (Å²) >= 11 is 0. The van der Waals surface area contributed by atoms with Crippen LogP contribution in [0.4, 0.5) is 0 Å². The summed E-state index contributed by atoms with van der Waals surface area (Å²) in [6.07, 6.45) is 8.44. The SMILES string of the molecule is CCC1CC=CC(C(C)(C)C)=C1N1[C@@H](C)C(c2ccccc2)CC1(C)C. The fraction of sp³-hybridized carbons (Fsp3) is 0.600. The van der Waals surface area contributed by atoms with Gasteiger partial charge < -0.3 is 4.90 Å². The third kappa shape index (κ3) is 3.38. The first-order valence-corrected chi connectivity index (χ1v) is 10.4. The Bertz CT molecular complexity index is 687. The van der Waals surface area contributed by atoms with Crippen molar-refractivity contribution in [3.05, 3.63) is 59.3 Å². The number of benzene rings is 1. The summed E-state index contributed by atoms with van der Waals surface area (Å²) < 4.78 is 0. The zero-order valence-electron chi connectivity index (χ0n) is 17.8. The Hall–Kier alpha value is -1.50. The first-order valence-electron chi connectivity index (χ1n) is 10.4. The molecule has 0 saturated carbocycles. The Kier molecular flexibility index (Phi) is 5.12. The van der Waals surface area contributed by atoms with Crippen molar-refractivity contribution in [1.82, 2.24) is 4.90 Å². The van der Waals surface area contributed by atoms with Crippen LogP contribution in [0.5, 0.6) is 0 Å². The van der Waals surface area contributed by atoms with Gasteiger partial charge in [0.25, 0.3) is 0 Å². The molecule has 1 saturated heterocycles. The number of rotatable bonds is 3. The van der Waals surface area contributed by atoms with Gasteiger partial charge in [-0.05, 0) is 56.6 Å². The molecule has 1 aliphatic heterocycles. The minimum absolute atomic E-state index is 0.181. The largest absolute Gasteiger partial charge is 0.366 e. The lowest BCUT2D eigenvalue weighted by Crippen LogP contribution is -2.45. The summed E-state index contributed by atoms with van der Waals surface area (Å²) in [5.41, 5.74) is 5.03. The molecule has 0 aromatic heterocycles. The first-order chi connectivity index (χ1) is 12.2. The molecule has 0 bridgehead atoms. The van der Waals surface area contributed by atoms with Crippen LogP contribution in [0.15, 0.2) is 53.8 Å². The van der Waals surface area contributed by atoms with Gasteiger partial charge in [-0.15, -0.1) is 0 Å². The maximum atomic E-state index is 2.81. The minimum Gasteiger partial charge on any atom is -0.366 e. The van der Waals surface area contributed by atoms with Crippen molar-refractivity contribution < 1.29 is 0 Å². The summed E-state index contributed by atoms with van der Waals surface area (Å²) in [4.78, 5) is 2.81. The van der Waals surface area contributed by atoms with E-state index in [0.717, 1.165) is 0 Å². The average Bonchev–Trinajstić information content (AvgIpc) is 2.83. The zero-order valence-corrected chi connectivity index (χ0v) is 17.8. The lowest BCUT2D eigenvalue weighted by atomic mass is 9.76. The van der Waals surface area contributed by atoms with Crippen LogP contribution in [0.1, 0.15) is 79.2 Å². The molecule has 1 aliphatic carbocycles. The number of likely N-dealkylation sites (tertiary alicyclic amines) is 1. The third-order valence-electron chi connectivity index (χ3n) is 6.52. The van der Waals surface area contributed by atoms with Gasteiger partial charge >= 0.3 is 0 Å². The van der Waals surface area contributed by atoms with Gasteiger partial charge in [0.2, 0.25) is 0 Å². The van der Waals surface area contributed by atoms with Gasteiger partial charge in [0.1, 0.15) is 0 Å². The van der Waals surface area contributed by atoms with Crippen LogP contribution >= 0.6 is 0 Å². The van der Waals surface area contributed by atoms with E-state index in [1.165, 1.54) is 24.8 Å². The summed E-state index contributed by atoms with van der Waals surface area (Å²) in [5.74, 6) is 1.24. The molecule has 1 aromatic carbocycles. The quantitative estimate of drug-likeness (QED) is 0.570. The molecule has 2 aliphatic rings. The molecule has 1 heteroatoms. The van der Waals surface area contributed by atoms with Gasteiger partial charge in [-0.3, -0.25) is 0 Å². The normalized spacial score (nSPS) is 28.7. The highest BCUT2D eigenvalue weighted by Crippen LogP contribution is 2.50. The Labute approximate surface area is 161 Å². The van der Waals surface area contributed by atoms with E-state index in [2.05, 4.69) is 95.8 Å². The number of nitrogens with zero attached hydrogens (tertiary/aromatic N) is 1. The highest BCUT2D eigenvalue weighted by molar-refractivity contribution is 5.38. The van der Waals surface area contributed by atoms with Crippen molar-refractivity contribution in [2.75, 3.05) is 0 Å². The molecule has 2 unspecified atom stereocenters. The van der Waals surface area contributed by atoms with E-state index in [4.69, 9.17) is 0 Å². The summed E-state index contributed by atoms with van der Waals surface area (Å²) in [7, 11) is 0. The van der Waals surface area contributed by atoms with Crippen LogP contribution in [0.2, 0.25) is 0 Å². The van der Waals surface area contributed by atoms with Gasteiger partial charge in [0.15, 0.2) is 0 Å². The molecule has 1 heterocycles. The first kappa shape index (κ1) is 19.3. The van der Waals surface area contributed by atoms with Gasteiger partial charge in [0.05, 0.1) is 0 Å². The van der Waals surface area contributed by atoms with Crippen molar-refractivity contribution in [1.29, 1.82) is 0 Å². The summed E-state index contributed by atoms with van der Waals surface area (Å²) in [6.45, 7) is 16.8. The molecule has 0 spiro atoms. The maximum Gasteiger partial charge on any atom is 0.0353 e. The van der Waals surface area contributed by atoms with Crippen LogP contribution in [-0.2, 0) is 0 Å². The molecule has 142 valence electrons. The number of hydrogen-bond acceptors (Lipinski definition) is 1. The second kappa shape index (κ2) is 6.91. The van der Waals surface area contributed by atoms with Gasteiger partial charge in [-0.2, -0.15) is 0 Å². The fourth-order valence-corrected chi connectivity index (χ4v) is 5.27. The van der Waals surface area contributed by atoms with Crippen molar-refractivity contribution in [3.63, 3.8) is 0 Å². The van der Waals surface area contributed by atoms with Crippen molar-refractivity contribution in [2.45, 2.75) is 85.2 Å². The predicted molar refractivity (Wildman–Crippen MR) is 113 cm³/mol. The molecular formula is C25H37N. The molecule has 1 fully saturated rings. The van der Waals surface area contributed by atoms with E-state index in [9.17, 15) is 0 Å². The Morgan fingerprint density at radius 1 is 1.12 bits per heavy atom. The topological polar surface area (TPSA) is 3.24 Å². The Balaban J connectivity index is 2.10. The molecule has 1 aromatic rings. The van der Waals surface area contributed by atoms with Gasteiger partial charge in [-0.25, -0.2) is 0 Å². The van der Waals surface area contributed by atoms with Crippen LogP contribution in [-0.4, -0.2) is 16.5 Å². The zero-order chi connectivity index (χ0) is 19.1. The number of hydrogen-bond donors (Lipinski definition) is 0. The standard InChI is InChI=1S/C25H37N/c1-8-19-15-12-16-22(24(3,4)5)23(19)26-18(2)21(17-25(26,6)7)20-13-10-9-11-14-20/h9-14,16,18-19,21H,8,15,17H2,1-7H3/t18-,19?,21?/m0/s1. The second-order valence-electron chi connectivity index (χ2n) is 9.94. The van der Waals surface area contributed by atoms with E-state index in [-0.39, 0.29) is 11.0 Å². The number of allylic oxidation sites excluding steroid dienone is 4. The summed E-state index contributed by atoms with van der Waals surface area (Å²) in [5, 5.41) is 0. The van der Waals surface area contributed by atoms with Crippen LogP contribution < -0.4 is 0 Å². The average molecular weight is 352 g/mol. The highest BCUT2D eigenvalue weighted by atomic mass is 15.3. The van der Waals surface area contributed by atoms with Crippen LogP contribution in [0.25, 0.3) is 0 Å². The third-order valence-corrected chi connectivity index (χ3v) is 6.52. The van der Waals surface area contributed by atoms with Crippen molar-refractivity contribution in [2.24, 2.45) is 11.3 Å². The van der Waals surface area contributed by atoms with Gasteiger partial charge in [-0.1, -0.05) is 70.2 Å². The Morgan fingerprint density at radius 2 is 1.77 bits per heavy atom. The molecule has 0 amide bonds. The molecular weight excluding hydrogens is 314 g/mol. The van der Waals surface area contributed by atoms with Crippen LogP contribution in [0.3, 0.4) is 0 Å². The van der Waals surface area contributed by atoms with E-state index in [0.29, 0.717) is 17.9 Å².